The zero-order valence-electron chi connectivity index (χ0n) is 31.6. The molecule has 10 heteroatoms. The monoisotopic (exact) mass is 726 g/mol. The number of phosphoric acid groups is 1. The standard InChI is InChI=1S/C40H71O9P/c1-4-29-37(41)31-26-22-18-14-9-7-6-8-10-16-20-24-28-33-40(43)49-38(35-48-50(44,45)46)34-47-39(42)32-27-23-19-15-12-11-13-17-21-25-30-36(3)5-2/h6,8-9,14,16,20,22,26,36-38,41H,4-5,7,10-13,15,17-19,21,23-25,27-35H2,1-3H3,(H2,44,45,46)/b8-6-,14-9-,20-16-,26-22-/t36?,37?,38-/m1/s1. The first-order chi connectivity index (χ1) is 24.1. The molecule has 0 aliphatic carbocycles. The van der Waals surface area contributed by atoms with Gasteiger partial charge in [-0.05, 0) is 57.3 Å². The first-order valence-electron chi connectivity index (χ1n) is 19.4. The van der Waals surface area contributed by atoms with Gasteiger partial charge in [0, 0.05) is 12.8 Å². The molecule has 0 radical (unpaired) electrons. The van der Waals surface area contributed by atoms with E-state index in [2.05, 4.69) is 55.7 Å². The van der Waals surface area contributed by atoms with Crippen LogP contribution in [-0.2, 0) is 28.2 Å². The number of carbonyl (C=O) groups is 2. The van der Waals surface area contributed by atoms with Crippen molar-refractivity contribution in [3.63, 3.8) is 0 Å². The molecule has 3 atom stereocenters. The summed E-state index contributed by atoms with van der Waals surface area (Å²) in [5, 5.41) is 9.70. The van der Waals surface area contributed by atoms with E-state index in [4.69, 9.17) is 19.3 Å². The molecule has 3 N–H and O–H groups in total. The van der Waals surface area contributed by atoms with Crippen LogP contribution in [0.15, 0.2) is 48.6 Å². The topological polar surface area (TPSA) is 140 Å². The summed E-state index contributed by atoms with van der Waals surface area (Å²) in [7, 11) is -4.77. The highest BCUT2D eigenvalue weighted by Gasteiger charge is 2.22. The second kappa shape index (κ2) is 34.1. The lowest BCUT2D eigenvalue weighted by molar-refractivity contribution is -0.161. The van der Waals surface area contributed by atoms with Gasteiger partial charge in [0.25, 0.3) is 0 Å². The van der Waals surface area contributed by atoms with Crippen molar-refractivity contribution in [1.82, 2.24) is 0 Å². The molecule has 9 nitrogen and oxygen atoms in total. The molecule has 290 valence electrons. The minimum absolute atomic E-state index is 0.121. The first kappa shape index (κ1) is 48.0. The molecule has 0 aromatic heterocycles. The van der Waals surface area contributed by atoms with Crippen molar-refractivity contribution in [2.75, 3.05) is 13.2 Å². The van der Waals surface area contributed by atoms with Crippen LogP contribution in [0.4, 0.5) is 0 Å². The van der Waals surface area contributed by atoms with Gasteiger partial charge >= 0.3 is 19.8 Å². The van der Waals surface area contributed by atoms with E-state index in [1.165, 1.54) is 51.4 Å². The Morgan fingerprint density at radius 2 is 1.18 bits per heavy atom. The maximum atomic E-state index is 12.3. The van der Waals surface area contributed by atoms with Crippen molar-refractivity contribution in [3.05, 3.63) is 48.6 Å². The minimum atomic E-state index is -4.77. The summed E-state index contributed by atoms with van der Waals surface area (Å²) in [4.78, 5) is 42.7. The quantitative estimate of drug-likeness (QED) is 0.0256. The Balaban J connectivity index is 4.10. The predicted molar refractivity (Wildman–Crippen MR) is 203 cm³/mol. The van der Waals surface area contributed by atoms with Gasteiger partial charge in [0.15, 0.2) is 6.10 Å². The summed E-state index contributed by atoms with van der Waals surface area (Å²) in [6.45, 7) is 5.77. The zero-order valence-corrected chi connectivity index (χ0v) is 32.5. The van der Waals surface area contributed by atoms with Gasteiger partial charge in [-0.3, -0.25) is 14.1 Å². The predicted octanol–water partition coefficient (Wildman–Crippen LogP) is 10.4. The Hall–Kier alpha value is -2.03. The summed E-state index contributed by atoms with van der Waals surface area (Å²) in [5.74, 6) is -0.128. The van der Waals surface area contributed by atoms with Gasteiger partial charge < -0.3 is 24.4 Å². The molecule has 0 aliphatic rings. The molecule has 0 saturated heterocycles. The average Bonchev–Trinajstić information content (AvgIpc) is 3.07. The van der Waals surface area contributed by atoms with Crippen LogP contribution in [0.1, 0.15) is 162 Å². The maximum absolute atomic E-state index is 12.3. The van der Waals surface area contributed by atoms with Crippen LogP contribution in [0.2, 0.25) is 0 Å². The molecule has 0 spiro atoms. The highest BCUT2D eigenvalue weighted by atomic mass is 31.2. The number of carbonyl (C=O) groups excluding carboxylic acids is 2. The van der Waals surface area contributed by atoms with Crippen molar-refractivity contribution >= 4 is 19.8 Å². The Kier molecular flexibility index (Phi) is 32.7. The number of aliphatic hydroxyl groups excluding tert-OH is 1. The van der Waals surface area contributed by atoms with Gasteiger partial charge in [-0.1, -0.05) is 146 Å². The number of rotatable bonds is 34. The van der Waals surface area contributed by atoms with Crippen LogP contribution < -0.4 is 0 Å². The first-order valence-corrected chi connectivity index (χ1v) is 20.9. The fourth-order valence-electron chi connectivity index (χ4n) is 5.18. The summed E-state index contributed by atoms with van der Waals surface area (Å²) >= 11 is 0. The molecule has 0 aromatic rings. The van der Waals surface area contributed by atoms with Crippen LogP contribution in [0, 0.1) is 5.92 Å². The summed E-state index contributed by atoms with van der Waals surface area (Å²) in [6, 6.07) is 0. The van der Waals surface area contributed by atoms with E-state index in [0.717, 1.165) is 57.3 Å². The smallest absolute Gasteiger partial charge is 0.462 e. The van der Waals surface area contributed by atoms with Crippen molar-refractivity contribution in [1.29, 1.82) is 0 Å². The van der Waals surface area contributed by atoms with Crippen LogP contribution in [0.5, 0.6) is 0 Å². The Bertz CT molecular complexity index is 985. The third-order valence-electron chi connectivity index (χ3n) is 8.45. The third kappa shape index (κ3) is 35.8. The van der Waals surface area contributed by atoms with E-state index in [9.17, 15) is 19.3 Å². The number of ether oxygens (including phenoxy) is 2. The number of esters is 2. The number of unbranched alkanes of at least 4 members (excludes halogenated alkanes) is 10. The molecular formula is C40H71O9P. The van der Waals surface area contributed by atoms with Crippen LogP contribution in [-0.4, -0.2) is 52.3 Å². The Morgan fingerprint density at radius 1 is 0.660 bits per heavy atom. The van der Waals surface area contributed by atoms with Gasteiger partial charge in [0.2, 0.25) is 0 Å². The number of phosphoric ester groups is 1. The van der Waals surface area contributed by atoms with Crippen molar-refractivity contribution in [2.24, 2.45) is 5.92 Å². The van der Waals surface area contributed by atoms with Gasteiger partial charge in [0.1, 0.15) is 6.61 Å². The average molecular weight is 727 g/mol. The molecular weight excluding hydrogens is 655 g/mol. The third-order valence-corrected chi connectivity index (χ3v) is 8.93. The lowest BCUT2D eigenvalue weighted by Gasteiger charge is -2.18. The van der Waals surface area contributed by atoms with E-state index in [0.29, 0.717) is 25.7 Å². The molecule has 0 amide bonds. The summed E-state index contributed by atoms with van der Waals surface area (Å²) in [6.07, 6.45) is 36.1. The molecule has 2 unspecified atom stereocenters. The van der Waals surface area contributed by atoms with E-state index in [1.807, 2.05) is 18.2 Å². The SMILES string of the molecule is CCCC(O)C/C=C\C/C=C\C/C=C\C/C=C\CCCC(=O)O[C@H](COC(=O)CCCCCCCCCCCCC(C)CC)COP(=O)(O)O. The molecule has 0 saturated carbocycles. The number of allylic oxidation sites excluding steroid dienone is 7. The van der Waals surface area contributed by atoms with Gasteiger partial charge in [-0.2, -0.15) is 0 Å². The molecule has 0 rings (SSSR count). The Labute approximate surface area is 304 Å². The molecule has 50 heavy (non-hydrogen) atoms. The number of aliphatic hydroxyl groups is 1. The molecule has 0 bridgehead atoms. The summed E-state index contributed by atoms with van der Waals surface area (Å²) in [5.41, 5.74) is 0. The van der Waals surface area contributed by atoms with Gasteiger partial charge in [0.05, 0.1) is 12.7 Å². The molecule has 0 aromatic carbocycles. The van der Waals surface area contributed by atoms with Crippen molar-refractivity contribution in [3.8, 4) is 0 Å². The van der Waals surface area contributed by atoms with E-state index >= 15 is 0 Å². The highest BCUT2D eigenvalue weighted by molar-refractivity contribution is 7.46. The lowest BCUT2D eigenvalue weighted by Crippen LogP contribution is -2.29. The van der Waals surface area contributed by atoms with Crippen LogP contribution >= 0.6 is 7.82 Å². The lowest BCUT2D eigenvalue weighted by atomic mass is 9.99. The van der Waals surface area contributed by atoms with Gasteiger partial charge in [-0.15, -0.1) is 0 Å². The van der Waals surface area contributed by atoms with E-state index in [1.54, 1.807) is 0 Å². The number of hydrogen-bond acceptors (Lipinski definition) is 7. The van der Waals surface area contributed by atoms with Crippen LogP contribution in [0.25, 0.3) is 0 Å². The minimum Gasteiger partial charge on any atom is -0.462 e. The van der Waals surface area contributed by atoms with E-state index in [-0.39, 0.29) is 25.6 Å². The van der Waals surface area contributed by atoms with Crippen molar-refractivity contribution < 1.29 is 43.0 Å². The molecule has 0 aliphatic heterocycles. The van der Waals surface area contributed by atoms with Crippen molar-refractivity contribution in [2.45, 2.75) is 174 Å². The fourth-order valence-corrected chi connectivity index (χ4v) is 5.54. The second-order valence-electron chi connectivity index (χ2n) is 13.3. The molecule has 0 heterocycles. The fraction of sp³-hybridized carbons (Fsp3) is 0.750. The molecule has 0 fully saturated rings. The largest absolute Gasteiger partial charge is 0.469 e. The van der Waals surface area contributed by atoms with Gasteiger partial charge in [-0.25, -0.2) is 4.57 Å². The zero-order chi connectivity index (χ0) is 37.1. The summed E-state index contributed by atoms with van der Waals surface area (Å²) < 4.78 is 26.3. The Morgan fingerprint density at radius 3 is 1.74 bits per heavy atom. The second-order valence-corrected chi connectivity index (χ2v) is 14.6. The highest BCUT2D eigenvalue weighted by Crippen LogP contribution is 2.36. The number of hydrogen-bond donors (Lipinski definition) is 3. The van der Waals surface area contributed by atoms with E-state index < -0.39 is 32.5 Å². The van der Waals surface area contributed by atoms with Crippen LogP contribution in [0.3, 0.4) is 0 Å². The maximum Gasteiger partial charge on any atom is 0.469 e. The normalized spacial score (nSPS) is 14.3.